The lowest BCUT2D eigenvalue weighted by molar-refractivity contribution is -0.119. The molecule has 0 radical (unpaired) electrons. The lowest BCUT2D eigenvalue weighted by Gasteiger charge is -2.10. The molecule has 1 atom stereocenters. The first kappa shape index (κ1) is 17.8. The van der Waals surface area contributed by atoms with E-state index in [2.05, 4.69) is 25.6 Å². The number of rotatable bonds is 6. The van der Waals surface area contributed by atoms with Gasteiger partial charge in [0, 0.05) is 13.2 Å². The monoisotopic (exact) mass is 388 g/mol. The Bertz CT molecular complexity index is 942. The maximum absolute atomic E-state index is 13.1. The molecular weight excluding hydrogens is 371 g/mol. The Balaban J connectivity index is 1.44. The second-order valence-electron chi connectivity index (χ2n) is 6.06. The number of nitrogens with one attached hydrogen (secondary N) is 1. The Morgan fingerprint density at radius 2 is 2.19 bits per heavy atom. The third-order valence-electron chi connectivity index (χ3n) is 4.17. The molecule has 0 spiro atoms. The molecule has 1 N–H and O–H groups in total. The summed E-state index contributed by atoms with van der Waals surface area (Å²) in [4.78, 5) is 20.5. The minimum atomic E-state index is -0.331. The number of benzene rings is 1. The number of hydrogen-bond donors (Lipinski definition) is 1. The number of aromatic nitrogens is 5. The van der Waals surface area contributed by atoms with E-state index >= 15 is 0 Å². The van der Waals surface area contributed by atoms with Crippen molar-refractivity contribution in [1.82, 2.24) is 30.3 Å². The molecule has 0 unspecified atom stereocenters. The molecule has 1 amide bonds. The average molecular weight is 388 g/mol. The molecule has 0 bridgehead atoms. The van der Waals surface area contributed by atoms with Gasteiger partial charge in [-0.3, -0.25) is 4.79 Å². The SMILES string of the molecule is O=C(CSc1ncnc2c1nnn2-c1ccc(F)cc1)NC[C@H]1CCCO1. The number of carbonyl (C=O) groups is 1. The van der Waals surface area contributed by atoms with Crippen LogP contribution in [0.3, 0.4) is 0 Å². The van der Waals surface area contributed by atoms with E-state index in [1.807, 2.05) is 0 Å². The van der Waals surface area contributed by atoms with Crippen molar-refractivity contribution in [3.8, 4) is 5.69 Å². The first-order valence-electron chi connectivity index (χ1n) is 8.54. The van der Waals surface area contributed by atoms with Crippen LogP contribution in [0.25, 0.3) is 16.9 Å². The molecule has 8 nitrogen and oxygen atoms in total. The molecule has 27 heavy (non-hydrogen) atoms. The predicted octanol–water partition coefficient (Wildman–Crippen LogP) is 1.74. The summed E-state index contributed by atoms with van der Waals surface area (Å²) in [5.74, 6) is -0.210. The lowest BCUT2D eigenvalue weighted by atomic mass is 10.2. The van der Waals surface area contributed by atoms with E-state index in [0.717, 1.165) is 19.4 Å². The van der Waals surface area contributed by atoms with Gasteiger partial charge >= 0.3 is 0 Å². The van der Waals surface area contributed by atoms with E-state index in [-0.39, 0.29) is 23.6 Å². The van der Waals surface area contributed by atoms with Crippen LogP contribution in [0.2, 0.25) is 0 Å². The fourth-order valence-electron chi connectivity index (χ4n) is 2.81. The number of fused-ring (bicyclic) bond motifs is 1. The van der Waals surface area contributed by atoms with Crippen molar-refractivity contribution in [1.29, 1.82) is 0 Å². The average Bonchev–Trinajstić information content (AvgIpc) is 3.35. The zero-order valence-corrected chi connectivity index (χ0v) is 15.2. The summed E-state index contributed by atoms with van der Waals surface area (Å²) in [5.41, 5.74) is 1.64. The van der Waals surface area contributed by atoms with Crippen molar-refractivity contribution in [2.45, 2.75) is 24.0 Å². The van der Waals surface area contributed by atoms with Crippen molar-refractivity contribution in [2.75, 3.05) is 18.9 Å². The number of halogens is 1. The zero-order chi connectivity index (χ0) is 18.6. The molecule has 0 aliphatic carbocycles. The van der Waals surface area contributed by atoms with E-state index in [0.29, 0.717) is 28.4 Å². The largest absolute Gasteiger partial charge is 0.376 e. The Kier molecular flexibility index (Phi) is 5.26. The van der Waals surface area contributed by atoms with Crippen LogP contribution >= 0.6 is 11.8 Å². The lowest BCUT2D eigenvalue weighted by Crippen LogP contribution is -2.32. The third-order valence-corrected chi connectivity index (χ3v) is 5.14. The van der Waals surface area contributed by atoms with E-state index < -0.39 is 0 Å². The molecule has 1 aromatic carbocycles. The summed E-state index contributed by atoms with van der Waals surface area (Å²) in [6.07, 6.45) is 3.53. The first-order chi connectivity index (χ1) is 13.2. The molecule has 4 rings (SSSR count). The summed E-state index contributed by atoms with van der Waals surface area (Å²) >= 11 is 1.27. The summed E-state index contributed by atoms with van der Waals surface area (Å²) in [6.45, 7) is 1.29. The minimum absolute atomic E-state index is 0.0896. The van der Waals surface area contributed by atoms with Crippen molar-refractivity contribution < 1.29 is 13.9 Å². The zero-order valence-electron chi connectivity index (χ0n) is 14.3. The van der Waals surface area contributed by atoms with Gasteiger partial charge in [0.25, 0.3) is 0 Å². The first-order valence-corrected chi connectivity index (χ1v) is 9.53. The van der Waals surface area contributed by atoms with Crippen LogP contribution in [0.4, 0.5) is 4.39 Å². The molecule has 10 heteroatoms. The van der Waals surface area contributed by atoms with Gasteiger partial charge in [0.15, 0.2) is 11.2 Å². The molecule has 1 aliphatic rings. The highest BCUT2D eigenvalue weighted by atomic mass is 32.2. The number of thioether (sulfide) groups is 1. The Morgan fingerprint density at radius 1 is 1.33 bits per heavy atom. The van der Waals surface area contributed by atoms with Crippen LogP contribution in [0.15, 0.2) is 35.6 Å². The highest BCUT2D eigenvalue weighted by Crippen LogP contribution is 2.24. The van der Waals surface area contributed by atoms with Gasteiger partial charge in [0.05, 0.1) is 17.5 Å². The molecule has 140 valence electrons. The van der Waals surface area contributed by atoms with E-state index in [1.54, 1.807) is 12.1 Å². The van der Waals surface area contributed by atoms with Crippen LogP contribution in [-0.4, -0.2) is 55.9 Å². The van der Waals surface area contributed by atoms with Crippen molar-refractivity contribution >= 4 is 28.8 Å². The number of hydrogen-bond acceptors (Lipinski definition) is 7. The van der Waals surface area contributed by atoms with E-state index in [1.165, 1.54) is 34.9 Å². The smallest absolute Gasteiger partial charge is 0.230 e. The van der Waals surface area contributed by atoms with Crippen molar-refractivity contribution in [3.63, 3.8) is 0 Å². The van der Waals surface area contributed by atoms with Gasteiger partial charge in [-0.1, -0.05) is 17.0 Å². The fourth-order valence-corrected chi connectivity index (χ4v) is 3.57. The van der Waals surface area contributed by atoms with Gasteiger partial charge in [-0.2, -0.15) is 4.68 Å². The van der Waals surface area contributed by atoms with Gasteiger partial charge in [-0.25, -0.2) is 14.4 Å². The second-order valence-corrected chi connectivity index (χ2v) is 7.02. The standard InChI is InChI=1S/C17H17FN6O2S/c18-11-3-5-12(6-4-11)24-16-15(22-23-24)17(21-10-20-16)27-9-14(25)19-8-13-2-1-7-26-13/h3-6,10,13H,1-2,7-9H2,(H,19,25)/t13-/m1/s1. The Labute approximate surface area is 158 Å². The van der Waals surface area contributed by atoms with Crippen molar-refractivity contribution in [3.05, 3.63) is 36.4 Å². The van der Waals surface area contributed by atoms with E-state index in [4.69, 9.17) is 4.74 Å². The van der Waals surface area contributed by atoms with E-state index in [9.17, 15) is 9.18 Å². The quantitative estimate of drug-likeness (QED) is 0.508. The highest BCUT2D eigenvalue weighted by molar-refractivity contribution is 8.00. The number of carbonyl (C=O) groups excluding carboxylic acids is 1. The summed E-state index contributed by atoms with van der Waals surface area (Å²) in [6, 6.07) is 5.88. The van der Waals surface area contributed by atoms with Crippen LogP contribution < -0.4 is 5.32 Å². The summed E-state index contributed by atoms with van der Waals surface area (Å²) < 4.78 is 20.1. The molecular formula is C17H17FN6O2S. The van der Waals surface area contributed by atoms with Gasteiger partial charge in [0.1, 0.15) is 17.2 Å². The molecule has 1 fully saturated rings. The minimum Gasteiger partial charge on any atom is -0.376 e. The molecule has 1 saturated heterocycles. The number of ether oxygens (including phenoxy) is 1. The number of nitrogens with zero attached hydrogens (tertiary/aromatic N) is 5. The van der Waals surface area contributed by atoms with Crippen LogP contribution in [0, 0.1) is 5.82 Å². The number of amides is 1. The Morgan fingerprint density at radius 3 is 2.96 bits per heavy atom. The van der Waals surface area contributed by atoms with Gasteiger partial charge in [-0.05, 0) is 37.1 Å². The van der Waals surface area contributed by atoms with Crippen LogP contribution in [0.1, 0.15) is 12.8 Å². The van der Waals surface area contributed by atoms with Crippen molar-refractivity contribution in [2.24, 2.45) is 0 Å². The predicted molar refractivity (Wildman–Crippen MR) is 97.1 cm³/mol. The summed E-state index contributed by atoms with van der Waals surface area (Å²) in [5, 5.41) is 11.7. The molecule has 1 aliphatic heterocycles. The molecule has 0 saturated carbocycles. The molecule has 2 aromatic heterocycles. The summed E-state index contributed by atoms with van der Waals surface area (Å²) in [7, 11) is 0. The van der Waals surface area contributed by atoms with Gasteiger partial charge in [-0.15, -0.1) is 5.10 Å². The third kappa shape index (κ3) is 4.06. The topological polar surface area (TPSA) is 94.8 Å². The van der Waals surface area contributed by atoms with Gasteiger partial charge < -0.3 is 10.1 Å². The molecule has 3 aromatic rings. The second kappa shape index (κ2) is 7.97. The van der Waals surface area contributed by atoms with Gasteiger partial charge in [0.2, 0.25) is 5.91 Å². The Hall–Kier alpha value is -2.59. The normalized spacial score (nSPS) is 16.7. The maximum atomic E-state index is 13.1. The fraction of sp³-hybridized carbons (Fsp3) is 0.353. The van der Waals surface area contributed by atoms with Crippen LogP contribution in [-0.2, 0) is 9.53 Å². The molecule has 3 heterocycles. The maximum Gasteiger partial charge on any atom is 0.230 e. The van der Waals surface area contributed by atoms with Crippen LogP contribution in [0.5, 0.6) is 0 Å². The highest BCUT2D eigenvalue weighted by Gasteiger charge is 2.17.